The van der Waals surface area contributed by atoms with E-state index in [2.05, 4.69) is 34.3 Å². The quantitative estimate of drug-likeness (QED) is 0.496. The molecular weight excluding hydrogens is 470 g/mol. The lowest BCUT2D eigenvalue weighted by Crippen LogP contribution is -2.46. The number of amides is 1. The van der Waals surface area contributed by atoms with Crippen LogP contribution >= 0.6 is 0 Å². The zero-order valence-corrected chi connectivity index (χ0v) is 21.2. The van der Waals surface area contributed by atoms with E-state index in [1.807, 2.05) is 47.4 Å². The van der Waals surface area contributed by atoms with Crippen LogP contribution in [-0.2, 0) is 27.7 Å². The summed E-state index contributed by atoms with van der Waals surface area (Å²) in [5.41, 5.74) is 3.94. The Morgan fingerprint density at radius 2 is 1.67 bits per heavy atom. The third-order valence-electron chi connectivity index (χ3n) is 7.27. The van der Waals surface area contributed by atoms with Crippen LogP contribution in [0.25, 0.3) is 0 Å². The summed E-state index contributed by atoms with van der Waals surface area (Å²) >= 11 is 0. The van der Waals surface area contributed by atoms with Crippen LogP contribution < -0.4 is 10.0 Å². The average molecular weight is 504 g/mol. The first-order valence-corrected chi connectivity index (χ1v) is 14.2. The van der Waals surface area contributed by atoms with E-state index < -0.39 is 16.1 Å². The highest BCUT2D eigenvalue weighted by molar-refractivity contribution is 7.89. The van der Waals surface area contributed by atoms with Gasteiger partial charge in [0, 0.05) is 25.3 Å². The maximum atomic E-state index is 13.7. The molecule has 2 aliphatic heterocycles. The van der Waals surface area contributed by atoms with Crippen molar-refractivity contribution in [2.75, 3.05) is 25.0 Å². The third kappa shape index (κ3) is 5.63. The Kier molecular flexibility index (Phi) is 7.39. The first-order chi connectivity index (χ1) is 17.5. The maximum Gasteiger partial charge on any atom is 0.245 e. The molecule has 36 heavy (non-hydrogen) atoms. The summed E-state index contributed by atoms with van der Waals surface area (Å²) < 4.78 is 29.6. The summed E-state index contributed by atoms with van der Waals surface area (Å²) in [6.07, 6.45) is 4.63. The standard InChI is InChI=1S/C29H33N3O3S/c33-29(32-18-15-23(16-19-32)20-22-8-3-1-4-9-22)28(24-10-5-2-6-11-24)31-36(34,35)26-13-14-27-25(21-26)12-7-17-30-27/h1-6,8-11,13-14,21,23,28,30-31H,7,12,15-20H2. The zero-order chi connectivity index (χ0) is 25.0. The van der Waals surface area contributed by atoms with Gasteiger partial charge in [0.1, 0.15) is 6.04 Å². The molecule has 0 aromatic heterocycles. The van der Waals surface area contributed by atoms with Crippen LogP contribution in [0.3, 0.4) is 0 Å². The number of benzene rings is 3. The highest BCUT2D eigenvalue weighted by Gasteiger charge is 2.33. The van der Waals surface area contributed by atoms with Gasteiger partial charge in [0.2, 0.25) is 15.9 Å². The summed E-state index contributed by atoms with van der Waals surface area (Å²) in [5, 5.41) is 3.31. The Hall–Kier alpha value is -3.16. The van der Waals surface area contributed by atoms with Gasteiger partial charge in [-0.3, -0.25) is 4.79 Å². The second kappa shape index (κ2) is 10.8. The molecule has 188 valence electrons. The number of carbonyl (C=O) groups is 1. The predicted molar refractivity (Wildman–Crippen MR) is 142 cm³/mol. The van der Waals surface area contributed by atoms with Gasteiger partial charge in [-0.05, 0) is 72.9 Å². The summed E-state index contributed by atoms with van der Waals surface area (Å²) in [6, 6.07) is 23.8. The monoisotopic (exact) mass is 503 g/mol. The molecule has 2 N–H and O–H groups in total. The van der Waals surface area contributed by atoms with Crippen molar-refractivity contribution in [1.82, 2.24) is 9.62 Å². The molecule has 3 aromatic carbocycles. The van der Waals surface area contributed by atoms with Gasteiger partial charge >= 0.3 is 0 Å². The Morgan fingerprint density at radius 1 is 0.972 bits per heavy atom. The van der Waals surface area contributed by atoms with Gasteiger partial charge in [-0.1, -0.05) is 60.7 Å². The van der Waals surface area contributed by atoms with Crippen molar-refractivity contribution >= 4 is 21.6 Å². The minimum absolute atomic E-state index is 0.192. The third-order valence-corrected chi connectivity index (χ3v) is 8.69. The molecular formula is C29H33N3O3S. The first kappa shape index (κ1) is 24.5. The number of piperidine rings is 1. The van der Waals surface area contributed by atoms with Gasteiger partial charge in [0.15, 0.2) is 0 Å². The van der Waals surface area contributed by atoms with E-state index in [0.717, 1.165) is 49.9 Å². The fourth-order valence-corrected chi connectivity index (χ4v) is 6.46. The molecule has 1 unspecified atom stereocenters. The number of likely N-dealkylation sites (tertiary alicyclic amines) is 1. The fourth-order valence-electron chi connectivity index (χ4n) is 5.24. The molecule has 0 bridgehead atoms. The minimum atomic E-state index is -3.90. The van der Waals surface area contributed by atoms with Gasteiger partial charge < -0.3 is 10.2 Å². The SMILES string of the molecule is O=C(C(NS(=O)(=O)c1ccc2c(c1)CCCN2)c1ccccc1)N1CCC(Cc2ccccc2)CC1. The fraction of sp³-hybridized carbons (Fsp3) is 0.345. The topological polar surface area (TPSA) is 78.5 Å². The van der Waals surface area contributed by atoms with E-state index in [4.69, 9.17) is 0 Å². The van der Waals surface area contributed by atoms with Gasteiger partial charge in [-0.15, -0.1) is 0 Å². The molecule has 0 saturated carbocycles. The van der Waals surface area contributed by atoms with Crippen molar-refractivity contribution in [1.29, 1.82) is 0 Å². The highest BCUT2D eigenvalue weighted by Crippen LogP contribution is 2.28. The van der Waals surface area contributed by atoms with Gasteiger partial charge in [-0.25, -0.2) is 8.42 Å². The van der Waals surface area contributed by atoms with Crippen LogP contribution in [0.4, 0.5) is 5.69 Å². The Morgan fingerprint density at radius 3 is 2.39 bits per heavy atom. The largest absolute Gasteiger partial charge is 0.385 e. The second-order valence-corrected chi connectivity index (χ2v) is 11.5. The van der Waals surface area contributed by atoms with E-state index in [0.29, 0.717) is 24.6 Å². The average Bonchev–Trinajstić information content (AvgIpc) is 2.92. The molecule has 0 aliphatic carbocycles. The first-order valence-electron chi connectivity index (χ1n) is 12.8. The number of nitrogens with one attached hydrogen (secondary N) is 2. The van der Waals surface area contributed by atoms with Crippen molar-refractivity contribution in [3.05, 3.63) is 95.6 Å². The maximum absolute atomic E-state index is 13.7. The molecule has 5 rings (SSSR count). The van der Waals surface area contributed by atoms with E-state index in [1.54, 1.807) is 12.1 Å². The number of hydrogen-bond acceptors (Lipinski definition) is 4. The Labute approximate surface area is 213 Å². The number of rotatable bonds is 7. The molecule has 1 atom stereocenters. The molecule has 3 aromatic rings. The number of hydrogen-bond donors (Lipinski definition) is 2. The minimum Gasteiger partial charge on any atom is -0.385 e. The molecule has 2 heterocycles. The number of fused-ring (bicyclic) bond motifs is 1. The van der Waals surface area contributed by atoms with Crippen LogP contribution in [-0.4, -0.2) is 38.9 Å². The Bertz CT molecular complexity index is 1290. The number of nitrogens with zero attached hydrogens (tertiary/aromatic N) is 1. The molecule has 0 spiro atoms. The van der Waals surface area contributed by atoms with Gasteiger partial charge in [0.05, 0.1) is 4.90 Å². The molecule has 1 saturated heterocycles. The van der Waals surface area contributed by atoms with Crippen LogP contribution in [0.5, 0.6) is 0 Å². The lowest BCUT2D eigenvalue weighted by atomic mass is 9.90. The summed E-state index contributed by atoms with van der Waals surface area (Å²) in [7, 11) is -3.90. The van der Waals surface area contributed by atoms with Gasteiger partial charge in [-0.2, -0.15) is 4.72 Å². The van der Waals surface area contributed by atoms with E-state index in [9.17, 15) is 13.2 Å². The highest BCUT2D eigenvalue weighted by atomic mass is 32.2. The normalized spacial score (nSPS) is 17.2. The van der Waals surface area contributed by atoms with Crippen LogP contribution in [0.15, 0.2) is 83.8 Å². The van der Waals surface area contributed by atoms with Crippen molar-refractivity contribution < 1.29 is 13.2 Å². The number of aryl methyl sites for hydroxylation is 1. The molecule has 6 nitrogen and oxygen atoms in total. The number of sulfonamides is 1. The molecule has 2 aliphatic rings. The van der Waals surface area contributed by atoms with Crippen molar-refractivity contribution in [2.45, 2.75) is 43.0 Å². The number of carbonyl (C=O) groups excluding carboxylic acids is 1. The van der Waals surface area contributed by atoms with E-state index in [1.165, 1.54) is 5.56 Å². The van der Waals surface area contributed by atoms with Crippen LogP contribution in [0, 0.1) is 5.92 Å². The van der Waals surface area contributed by atoms with E-state index in [-0.39, 0.29) is 10.8 Å². The zero-order valence-electron chi connectivity index (χ0n) is 20.4. The lowest BCUT2D eigenvalue weighted by Gasteiger charge is -2.34. The molecule has 1 fully saturated rings. The van der Waals surface area contributed by atoms with Crippen LogP contribution in [0.1, 0.15) is 42.0 Å². The Balaban J connectivity index is 1.32. The molecule has 0 radical (unpaired) electrons. The van der Waals surface area contributed by atoms with Crippen LogP contribution in [0.2, 0.25) is 0 Å². The lowest BCUT2D eigenvalue weighted by molar-refractivity contribution is -0.134. The number of anilines is 1. The summed E-state index contributed by atoms with van der Waals surface area (Å²) in [4.78, 5) is 15.7. The van der Waals surface area contributed by atoms with Crippen molar-refractivity contribution in [3.8, 4) is 0 Å². The summed E-state index contributed by atoms with van der Waals surface area (Å²) in [6.45, 7) is 2.15. The predicted octanol–water partition coefficient (Wildman–Crippen LogP) is 4.55. The van der Waals surface area contributed by atoms with E-state index >= 15 is 0 Å². The molecule has 7 heteroatoms. The van der Waals surface area contributed by atoms with Crippen molar-refractivity contribution in [2.24, 2.45) is 5.92 Å². The smallest absolute Gasteiger partial charge is 0.245 e. The summed E-state index contributed by atoms with van der Waals surface area (Å²) in [5.74, 6) is 0.329. The second-order valence-electron chi connectivity index (χ2n) is 9.77. The van der Waals surface area contributed by atoms with Crippen molar-refractivity contribution in [3.63, 3.8) is 0 Å². The van der Waals surface area contributed by atoms with Gasteiger partial charge in [0.25, 0.3) is 0 Å². The molecule has 1 amide bonds.